The van der Waals surface area contributed by atoms with Crippen LogP contribution in [0.1, 0.15) is 25.3 Å². The van der Waals surface area contributed by atoms with Gasteiger partial charge in [0.05, 0.1) is 0 Å². The molecule has 1 aromatic heterocycles. The van der Waals surface area contributed by atoms with E-state index in [-0.39, 0.29) is 5.84 Å². The first-order valence-corrected chi connectivity index (χ1v) is 7.13. The number of rotatable bonds is 2. The van der Waals surface area contributed by atoms with Crippen molar-refractivity contribution < 1.29 is 5.21 Å². The number of nitrogens with two attached hydrogens (primary N) is 1. The predicted octanol–water partition coefficient (Wildman–Crippen LogP) is 0.849. The summed E-state index contributed by atoms with van der Waals surface area (Å²) < 4.78 is 0. The van der Waals surface area contributed by atoms with Gasteiger partial charge in [0, 0.05) is 36.9 Å². The van der Waals surface area contributed by atoms with Crippen molar-refractivity contribution in [2.75, 3.05) is 24.5 Å². The number of nitrogens with zero attached hydrogens (tertiary/aromatic N) is 4. The number of fused-ring (bicyclic) bond motifs is 1. The van der Waals surface area contributed by atoms with Gasteiger partial charge in [-0.05, 0) is 38.4 Å². The van der Waals surface area contributed by atoms with Crippen molar-refractivity contribution in [1.29, 1.82) is 0 Å². The molecular formula is C14H21N5O. The Morgan fingerprint density at radius 1 is 1.45 bits per heavy atom. The van der Waals surface area contributed by atoms with Crippen LogP contribution in [0.5, 0.6) is 0 Å². The average Bonchev–Trinajstić information content (AvgIpc) is 2.93. The Morgan fingerprint density at radius 3 is 3.00 bits per heavy atom. The van der Waals surface area contributed by atoms with E-state index in [4.69, 9.17) is 10.9 Å². The zero-order valence-electron chi connectivity index (χ0n) is 11.7. The number of amidine groups is 1. The molecule has 2 aliphatic rings. The molecule has 108 valence electrons. The van der Waals surface area contributed by atoms with Crippen molar-refractivity contribution in [3.8, 4) is 0 Å². The molecule has 0 radical (unpaired) electrons. The van der Waals surface area contributed by atoms with E-state index in [2.05, 4.69) is 26.9 Å². The molecule has 3 rings (SSSR count). The zero-order chi connectivity index (χ0) is 14.1. The summed E-state index contributed by atoms with van der Waals surface area (Å²) in [5.74, 6) is 1.07. The standard InChI is InChI=1S/C14H21N5O/c1-10-8-18-6-2-3-12(18)9-19(10)13-5-4-11(7-16-13)14(15)17-20/h4-5,7,10,12,20H,2-3,6,8-9H2,1H3,(H2,15,17). The van der Waals surface area contributed by atoms with Crippen LogP contribution in [0.4, 0.5) is 5.82 Å². The fourth-order valence-electron chi connectivity index (χ4n) is 3.27. The Balaban J connectivity index is 1.78. The van der Waals surface area contributed by atoms with Crippen molar-refractivity contribution in [2.24, 2.45) is 10.9 Å². The third kappa shape index (κ3) is 2.31. The third-order valence-corrected chi connectivity index (χ3v) is 4.38. The summed E-state index contributed by atoms with van der Waals surface area (Å²) >= 11 is 0. The highest BCUT2D eigenvalue weighted by molar-refractivity contribution is 5.96. The number of anilines is 1. The number of hydrogen-bond acceptors (Lipinski definition) is 5. The first-order valence-electron chi connectivity index (χ1n) is 7.13. The lowest BCUT2D eigenvalue weighted by molar-refractivity contribution is 0.202. The van der Waals surface area contributed by atoms with E-state index >= 15 is 0 Å². The van der Waals surface area contributed by atoms with Gasteiger partial charge in [-0.2, -0.15) is 0 Å². The SMILES string of the molecule is CC1CN2CCCC2CN1c1ccc(/C(N)=N/O)cn1. The maximum atomic E-state index is 8.67. The molecular weight excluding hydrogens is 254 g/mol. The Hall–Kier alpha value is -1.82. The molecule has 6 heteroatoms. The van der Waals surface area contributed by atoms with Crippen LogP contribution in [-0.2, 0) is 0 Å². The Bertz CT molecular complexity index is 501. The summed E-state index contributed by atoms with van der Waals surface area (Å²) in [7, 11) is 0. The van der Waals surface area contributed by atoms with E-state index in [0.717, 1.165) is 18.9 Å². The molecule has 2 aliphatic heterocycles. The highest BCUT2D eigenvalue weighted by Gasteiger charge is 2.34. The van der Waals surface area contributed by atoms with E-state index in [1.54, 1.807) is 6.20 Å². The Kier molecular flexibility index (Phi) is 3.48. The number of piperazine rings is 1. The van der Waals surface area contributed by atoms with E-state index in [1.165, 1.54) is 19.4 Å². The average molecular weight is 275 g/mol. The molecule has 20 heavy (non-hydrogen) atoms. The lowest BCUT2D eigenvalue weighted by Gasteiger charge is -2.43. The molecule has 0 bridgehead atoms. The molecule has 3 heterocycles. The molecule has 6 nitrogen and oxygen atoms in total. The summed E-state index contributed by atoms with van der Waals surface area (Å²) in [6.45, 7) is 5.62. The van der Waals surface area contributed by atoms with Gasteiger partial charge in [-0.25, -0.2) is 4.98 Å². The summed E-state index contributed by atoms with van der Waals surface area (Å²) in [5, 5.41) is 11.7. The largest absolute Gasteiger partial charge is 0.409 e. The van der Waals surface area contributed by atoms with Crippen LogP contribution in [0, 0.1) is 0 Å². The minimum atomic E-state index is 0.0951. The topological polar surface area (TPSA) is 78.0 Å². The van der Waals surface area contributed by atoms with Gasteiger partial charge in [0.2, 0.25) is 0 Å². The number of aromatic nitrogens is 1. The summed E-state index contributed by atoms with van der Waals surface area (Å²) in [6.07, 6.45) is 4.25. The fraction of sp³-hybridized carbons (Fsp3) is 0.571. The number of pyridine rings is 1. The fourth-order valence-corrected chi connectivity index (χ4v) is 3.27. The van der Waals surface area contributed by atoms with Crippen molar-refractivity contribution in [1.82, 2.24) is 9.88 Å². The van der Waals surface area contributed by atoms with Gasteiger partial charge in [-0.3, -0.25) is 4.90 Å². The van der Waals surface area contributed by atoms with Gasteiger partial charge in [0.25, 0.3) is 0 Å². The molecule has 0 amide bonds. The molecule has 0 saturated carbocycles. The van der Waals surface area contributed by atoms with Crippen molar-refractivity contribution in [2.45, 2.75) is 31.8 Å². The molecule has 0 aromatic carbocycles. The van der Waals surface area contributed by atoms with E-state index in [0.29, 0.717) is 17.6 Å². The van der Waals surface area contributed by atoms with Crippen LogP contribution in [-0.4, -0.2) is 52.6 Å². The predicted molar refractivity (Wildman–Crippen MR) is 78.2 cm³/mol. The van der Waals surface area contributed by atoms with E-state index in [1.807, 2.05) is 12.1 Å². The second-order valence-corrected chi connectivity index (χ2v) is 5.68. The quantitative estimate of drug-likeness (QED) is 0.362. The molecule has 3 N–H and O–H groups in total. The maximum Gasteiger partial charge on any atom is 0.171 e. The lowest BCUT2D eigenvalue weighted by Crippen LogP contribution is -2.55. The van der Waals surface area contributed by atoms with Gasteiger partial charge in [-0.15, -0.1) is 0 Å². The van der Waals surface area contributed by atoms with Gasteiger partial charge in [0.1, 0.15) is 5.82 Å². The first-order chi connectivity index (χ1) is 9.69. The van der Waals surface area contributed by atoms with Gasteiger partial charge in [-0.1, -0.05) is 5.16 Å². The Labute approximate surface area is 118 Å². The van der Waals surface area contributed by atoms with Crippen molar-refractivity contribution >= 4 is 11.7 Å². The summed E-state index contributed by atoms with van der Waals surface area (Å²) in [5.41, 5.74) is 6.20. The van der Waals surface area contributed by atoms with Crippen LogP contribution < -0.4 is 10.6 Å². The Morgan fingerprint density at radius 2 is 2.30 bits per heavy atom. The highest BCUT2D eigenvalue weighted by Crippen LogP contribution is 2.27. The van der Waals surface area contributed by atoms with Gasteiger partial charge < -0.3 is 15.8 Å². The molecule has 2 unspecified atom stereocenters. The minimum Gasteiger partial charge on any atom is -0.409 e. The van der Waals surface area contributed by atoms with Crippen LogP contribution in [0.2, 0.25) is 0 Å². The van der Waals surface area contributed by atoms with Gasteiger partial charge >= 0.3 is 0 Å². The van der Waals surface area contributed by atoms with E-state index in [9.17, 15) is 0 Å². The van der Waals surface area contributed by atoms with E-state index < -0.39 is 0 Å². The van der Waals surface area contributed by atoms with Crippen LogP contribution in [0.15, 0.2) is 23.5 Å². The smallest absolute Gasteiger partial charge is 0.171 e. The second kappa shape index (κ2) is 5.28. The lowest BCUT2D eigenvalue weighted by atomic mass is 10.1. The van der Waals surface area contributed by atoms with Crippen LogP contribution >= 0.6 is 0 Å². The van der Waals surface area contributed by atoms with Crippen molar-refractivity contribution in [3.05, 3.63) is 23.9 Å². The minimum absolute atomic E-state index is 0.0951. The monoisotopic (exact) mass is 275 g/mol. The molecule has 2 fully saturated rings. The molecule has 2 saturated heterocycles. The maximum absolute atomic E-state index is 8.67. The molecule has 1 aromatic rings. The van der Waals surface area contributed by atoms with Crippen LogP contribution in [0.3, 0.4) is 0 Å². The summed E-state index contributed by atoms with van der Waals surface area (Å²) in [4.78, 5) is 9.42. The second-order valence-electron chi connectivity index (χ2n) is 5.68. The normalized spacial score (nSPS) is 27.6. The molecule has 0 spiro atoms. The first kappa shape index (κ1) is 13.2. The van der Waals surface area contributed by atoms with Crippen molar-refractivity contribution in [3.63, 3.8) is 0 Å². The summed E-state index contributed by atoms with van der Waals surface area (Å²) in [6, 6.07) is 4.93. The highest BCUT2D eigenvalue weighted by atomic mass is 16.4. The molecule has 2 atom stereocenters. The van der Waals surface area contributed by atoms with Gasteiger partial charge in [0.15, 0.2) is 5.84 Å². The zero-order valence-corrected chi connectivity index (χ0v) is 11.7. The number of hydrogen-bond donors (Lipinski definition) is 2. The van der Waals surface area contributed by atoms with Crippen LogP contribution in [0.25, 0.3) is 0 Å². The third-order valence-electron chi connectivity index (χ3n) is 4.38. The number of oxime groups is 1. The molecule has 0 aliphatic carbocycles.